The van der Waals surface area contributed by atoms with Gasteiger partial charge in [-0.3, -0.25) is 0 Å². The second-order valence-electron chi connectivity index (χ2n) is 3.48. The smallest absolute Gasteiger partial charge is 0.123 e. The van der Waals surface area contributed by atoms with Crippen LogP contribution in [0.4, 0.5) is 4.39 Å². The molecule has 2 rings (SSSR count). The molecule has 84 valence electrons. The molecule has 1 atom stereocenters. The van der Waals surface area contributed by atoms with Gasteiger partial charge in [-0.15, -0.1) is 11.3 Å². The molecule has 16 heavy (non-hydrogen) atoms. The highest BCUT2D eigenvalue weighted by Gasteiger charge is 2.13. The molecule has 1 aromatic heterocycles. The van der Waals surface area contributed by atoms with E-state index in [1.165, 1.54) is 23.5 Å². The normalized spacial score (nSPS) is 12.7. The van der Waals surface area contributed by atoms with Gasteiger partial charge in [-0.2, -0.15) is 0 Å². The van der Waals surface area contributed by atoms with E-state index in [9.17, 15) is 9.50 Å². The number of aliphatic hydroxyl groups is 1. The predicted molar refractivity (Wildman–Crippen MR) is 67.1 cm³/mol. The van der Waals surface area contributed by atoms with Crippen LogP contribution in [0.2, 0.25) is 0 Å². The Hall–Kier alpha value is -0.710. The van der Waals surface area contributed by atoms with Crippen molar-refractivity contribution in [3.8, 4) is 0 Å². The van der Waals surface area contributed by atoms with Gasteiger partial charge in [0.1, 0.15) is 5.82 Å². The summed E-state index contributed by atoms with van der Waals surface area (Å²) in [6, 6.07) is 8.12. The van der Waals surface area contributed by atoms with Crippen LogP contribution < -0.4 is 0 Å². The van der Waals surface area contributed by atoms with Gasteiger partial charge in [-0.25, -0.2) is 4.39 Å². The van der Waals surface area contributed by atoms with Crippen molar-refractivity contribution in [1.82, 2.24) is 0 Å². The SMILES string of the molecule is OC(Cc1ccc(F)cc1)c1sccc1Br. The standard InChI is InChI=1S/C12H10BrFOS/c13-10-5-6-16-12(10)11(15)7-8-1-3-9(14)4-2-8/h1-6,11,15H,7H2. The molecule has 0 amide bonds. The highest BCUT2D eigenvalue weighted by atomic mass is 79.9. The van der Waals surface area contributed by atoms with Gasteiger partial charge in [0.2, 0.25) is 0 Å². The molecule has 0 aliphatic rings. The Labute approximate surface area is 106 Å². The van der Waals surface area contributed by atoms with Crippen LogP contribution in [0.1, 0.15) is 16.5 Å². The molecule has 0 fully saturated rings. The number of thiophene rings is 1. The zero-order chi connectivity index (χ0) is 11.5. The summed E-state index contributed by atoms with van der Waals surface area (Å²) in [6.45, 7) is 0. The summed E-state index contributed by atoms with van der Waals surface area (Å²) in [4.78, 5) is 0.907. The van der Waals surface area contributed by atoms with Crippen LogP contribution in [0, 0.1) is 5.82 Å². The van der Waals surface area contributed by atoms with Crippen LogP contribution in [0.25, 0.3) is 0 Å². The number of rotatable bonds is 3. The van der Waals surface area contributed by atoms with E-state index in [-0.39, 0.29) is 5.82 Å². The number of halogens is 2. The topological polar surface area (TPSA) is 20.2 Å². The number of hydrogen-bond acceptors (Lipinski definition) is 2. The fourth-order valence-electron chi connectivity index (χ4n) is 1.48. The van der Waals surface area contributed by atoms with Gasteiger partial charge in [-0.1, -0.05) is 12.1 Å². The molecule has 0 saturated heterocycles. The lowest BCUT2D eigenvalue weighted by Gasteiger charge is -2.09. The van der Waals surface area contributed by atoms with Crippen molar-refractivity contribution in [3.05, 3.63) is 56.4 Å². The zero-order valence-electron chi connectivity index (χ0n) is 8.36. The molecule has 4 heteroatoms. The maximum Gasteiger partial charge on any atom is 0.123 e. The Morgan fingerprint density at radius 2 is 1.94 bits per heavy atom. The Morgan fingerprint density at radius 1 is 1.25 bits per heavy atom. The van der Waals surface area contributed by atoms with Gasteiger partial charge in [0.25, 0.3) is 0 Å². The van der Waals surface area contributed by atoms with Crippen molar-refractivity contribution in [2.45, 2.75) is 12.5 Å². The third-order valence-corrected chi connectivity index (χ3v) is 4.26. The van der Waals surface area contributed by atoms with E-state index in [0.717, 1.165) is 14.9 Å². The van der Waals surface area contributed by atoms with E-state index >= 15 is 0 Å². The average Bonchev–Trinajstić information content (AvgIpc) is 2.68. The lowest BCUT2D eigenvalue weighted by Crippen LogP contribution is -2.00. The van der Waals surface area contributed by atoms with E-state index in [0.29, 0.717) is 6.42 Å². The monoisotopic (exact) mass is 300 g/mol. The maximum absolute atomic E-state index is 12.7. The van der Waals surface area contributed by atoms with E-state index in [1.807, 2.05) is 11.4 Å². The van der Waals surface area contributed by atoms with E-state index in [1.54, 1.807) is 12.1 Å². The minimum Gasteiger partial charge on any atom is -0.387 e. The summed E-state index contributed by atoms with van der Waals surface area (Å²) in [7, 11) is 0. The van der Waals surface area contributed by atoms with Crippen molar-refractivity contribution in [1.29, 1.82) is 0 Å². The number of aliphatic hydroxyl groups excluding tert-OH is 1. The summed E-state index contributed by atoms with van der Waals surface area (Å²) in [5, 5.41) is 11.9. The molecule has 1 nitrogen and oxygen atoms in total. The van der Waals surface area contributed by atoms with Crippen molar-refractivity contribution < 1.29 is 9.50 Å². The Kier molecular flexibility index (Phi) is 3.74. The van der Waals surface area contributed by atoms with Crippen LogP contribution in [0.15, 0.2) is 40.2 Å². The van der Waals surface area contributed by atoms with Gasteiger partial charge >= 0.3 is 0 Å². The molecule has 0 bridgehead atoms. The molecule has 1 aromatic carbocycles. The van der Waals surface area contributed by atoms with Gasteiger partial charge < -0.3 is 5.11 Å². The lowest BCUT2D eigenvalue weighted by molar-refractivity contribution is 0.181. The third kappa shape index (κ3) is 2.70. The molecule has 0 spiro atoms. The van der Waals surface area contributed by atoms with E-state index in [4.69, 9.17) is 0 Å². The van der Waals surface area contributed by atoms with Crippen molar-refractivity contribution in [3.63, 3.8) is 0 Å². The van der Waals surface area contributed by atoms with Crippen molar-refractivity contribution >= 4 is 27.3 Å². The molecule has 0 saturated carbocycles. The molecular weight excluding hydrogens is 291 g/mol. The van der Waals surface area contributed by atoms with Gasteiger partial charge in [0.05, 0.1) is 6.10 Å². The first-order valence-electron chi connectivity index (χ1n) is 4.82. The molecule has 1 N–H and O–H groups in total. The largest absolute Gasteiger partial charge is 0.387 e. The first-order chi connectivity index (χ1) is 7.66. The summed E-state index contributed by atoms with van der Waals surface area (Å²) in [5.41, 5.74) is 0.925. The third-order valence-electron chi connectivity index (χ3n) is 2.29. The second kappa shape index (κ2) is 5.08. The summed E-state index contributed by atoms with van der Waals surface area (Å²) in [6.07, 6.45) is -0.0424. The van der Waals surface area contributed by atoms with Crippen molar-refractivity contribution in [2.24, 2.45) is 0 Å². The van der Waals surface area contributed by atoms with E-state index < -0.39 is 6.10 Å². The summed E-state index contributed by atoms with van der Waals surface area (Å²) in [5.74, 6) is -0.254. The summed E-state index contributed by atoms with van der Waals surface area (Å²) >= 11 is 4.89. The molecular formula is C12H10BrFOS. The quantitative estimate of drug-likeness (QED) is 0.911. The molecule has 2 aromatic rings. The molecule has 1 unspecified atom stereocenters. The fraction of sp³-hybridized carbons (Fsp3) is 0.167. The molecule has 1 heterocycles. The second-order valence-corrected chi connectivity index (χ2v) is 5.28. The maximum atomic E-state index is 12.7. The Morgan fingerprint density at radius 3 is 2.50 bits per heavy atom. The van der Waals surface area contributed by atoms with Crippen LogP contribution in [0.5, 0.6) is 0 Å². The fourth-order valence-corrected chi connectivity index (χ4v) is 3.10. The number of hydrogen-bond donors (Lipinski definition) is 1. The van der Waals surface area contributed by atoms with Crippen LogP contribution in [-0.4, -0.2) is 5.11 Å². The summed E-state index contributed by atoms with van der Waals surface area (Å²) < 4.78 is 13.6. The first-order valence-corrected chi connectivity index (χ1v) is 6.49. The van der Waals surface area contributed by atoms with Crippen molar-refractivity contribution in [2.75, 3.05) is 0 Å². The predicted octanol–water partition coefficient (Wildman–Crippen LogP) is 3.93. The number of benzene rings is 1. The highest BCUT2D eigenvalue weighted by Crippen LogP contribution is 2.30. The minimum absolute atomic E-state index is 0.254. The minimum atomic E-state index is -0.542. The zero-order valence-corrected chi connectivity index (χ0v) is 10.8. The van der Waals surface area contributed by atoms with Gasteiger partial charge in [0.15, 0.2) is 0 Å². The molecule has 0 radical (unpaired) electrons. The first kappa shape index (κ1) is 11.8. The van der Waals surface area contributed by atoms with Crippen LogP contribution in [-0.2, 0) is 6.42 Å². The van der Waals surface area contributed by atoms with Gasteiger partial charge in [-0.05, 0) is 45.1 Å². The van der Waals surface area contributed by atoms with Gasteiger partial charge in [0, 0.05) is 15.8 Å². The molecule has 0 aliphatic heterocycles. The van der Waals surface area contributed by atoms with Crippen LogP contribution in [0.3, 0.4) is 0 Å². The lowest BCUT2D eigenvalue weighted by atomic mass is 10.1. The average molecular weight is 301 g/mol. The highest BCUT2D eigenvalue weighted by molar-refractivity contribution is 9.10. The Balaban J connectivity index is 2.10. The van der Waals surface area contributed by atoms with E-state index in [2.05, 4.69) is 15.9 Å². The molecule has 0 aliphatic carbocycles. The van der Waals surface area contributed by atoms with Crippen LogP contribution >= 0.6 is 27.3 Å². The Bertz CT molecular complexity index is 466.